The fraction of sp³-hybridized carbons (Fsp3) is 0.804. The van der Waals surface area contributed by atoms with Crippen molar-refractivity contribution in [1.29, 1.82) is 0 Å². The normalized spacial score (nSPS) is 12.9. The molecule has 0 spiro atoms. The molecule has 0 atom stereocenters. The van der Waals surface area contributed by atoms with Gasteiger partial charge in [-0.2, -0.15) is 0 Å². The molecule has 0 aromatic rings. The molecule has 0 saturated carbocycles. The summed E-state index contributed by atoms with van der Waals surface area (Å²) in [6.45, 7) is 13.7. The Balaban J connectivity index is 6.15. The van der Waals surface area contributed by atoms with Crippen LogP contribution in [-0.2, 0) is 0 Å². The average Bonchev–Trinajstić information content (AvgIpc) is 3.15. The van der Waals surface area contributed by atoms with Gasteiger partial charge in [0.25, 0.3) is 0 Å². The Morgan fingerprint density at radius 3 is 0.750 bits per heavy atom. The molecule has 0 radical (unpaired) electrons. The smallest absolute Gasteiger partial charge is 0.0319 e. The molecule has 1 nitrogen and oxygen atoms in total. The van der Waals surface area contributed by atoms with Crippen LogP contribution in [0.4, 0.5) is 0 Å². The van der Waals surface area contributed by atoms with Crippen molar-refractivity contribution < 1.29 is 0 Å². The van der Waals surface area contributed by atoms with Gasteiger partial charge < -0.3 is 0 Å². The molecule has 0 bridgehead atoms. The molecule has 0 aliphatic rings. The minimum absolute atomic E-state index is 0.104. The van der Waals surface area contributed by atoms with Gasteiger partial charge in [0.1, 0.15) is 0 Å². The molecule has 0 saturated heterocycles. The Labute approximate surface area is 329 Å². The summed E-state index contributed by atoms with van der Waals surface area (Å²) >= 11 is 0. The molecule has 0 aliphatic heterocycles. The van der Waals surface area contributed by atoms with E-state index < -0.39 is 0 Å². The second-order valence-corrected chi connectivity index (χ2v) is 16.1. The standard InChI is InChI=1S/C51H95N/c1-6-11-16-21-26-31-36-41-46-51(47-42-37-32-27-22-17-12-7-2,48-43-38-33-28-23-18-13-8-3)52(49-44-39-34-29-24-19-14-9-4)50-45-40-35-30-25-20-15-10-5/h36-45H,6-35,46-50H2,1-5H3/b41-36+,42-37+,43-38+,44-39+,45-40+. The number of hydrogen-bond donors (Lipinski definition) is 0. The van der Waals surface area contributed by atoms with Crippen molar-refractivity contribution in [3.05, 3.63) is 60.8 Å². The Morgan fingerprint density at radius 1 is 0.269 bits per heavy atom. The predicted octanol–water partition coefficient (Wildman–Crippen LogP) is 17.8. The molecule has 0 N–H and O–H groups in total. The fourth-order valence-corrected chi connectivity index (χ4v) is 7.33. The second kappa shape index (κ2) is 42.4. The maximum Gasteiger partial charge on any atom is 0.0319 e. The minimum atomic E-state index is 0.104. The SMILES string of the molecule is CCCCCCC/C=C/CN(C/C=C/CCCCCCC)C(C/C=C/CCCCCCC)(C/C=C/CCCCCCC)C/C=C/CCCCCCC. The van der Waals surface area contributed by atoms with Crippen LogP contribution in [-0.4, -0.2) is 23.5 Å². The summed E-state index contributed by atoms with van der Waals surface area (Å²) in [5.74, 6) is 0. The Bertz CT molecular complexity index is 738. The number of unbranched alkanes of at least 4 members (excludes halogenated alkanes) is 25. The summed E-state index contributed by atoms with van der Waals surface area (Å²) in [5.41, 5.74) is 0.104. The first-order chi connectivity index (χ1) is 25.7. The van der Waals surface area contributed by atoms with Gasteiger partial charge in [0, 0.05) is 18.6 Å². The van der Waals surface area contributed by atoms with E-state index in [2.05, 4.69) is 100 Å². The van der Waals surface area contributed by atoms with Crippen LogP contribution < -0.4 is 0 Å². The summed E-state index contributed by atoms with van der Waals surface area (Å²) < 4.78 is 0. The van der Waals surface area contributed by atoms with E-state index >= 15 is 0 Å². The maximum absolute atomic E-state index is 2.87. The summed E-state index contributed by atoms with van der Waals surface area (Å²) in [6, 6.07) is 0. The zero-order valence-corrected chi connectivity index (χ0v) is 36.5. The first-order valence-corrected chi connectivity index (χ1v) is 23.7. The quantitative estimate of drug-likeness (QED) is 0.0449. The molecule has 0 unspecified atom stereocenters. The molecule has 0 rings (SSSR count). The lowest BCUT2D eigenvalue weighted by molar-refractivity contribution is 0.121. The highest BCUT2D eigenvalue weighted by atomic mass is 15.2. The van der Waals surface area contributed by atoms with Gasteiger partial charge in [0.05, 0.1) is 0 Å². The highest BCUT2D eigenvalue weighted by Crippen LogP contribution is 2.31. The van der Waals surface area contributed by atoms with Gasteiger partial charge in [0.15, 0.2) is 0 Å². The first-order valence-electron chi connectivity index (χ1n) is 23.7. The average molecular weight is 722 g/mol. The number of allylic oxidation sites excluding steroid dienone is 5. The van der Waals surface area contributed by atoms with Crippen LogP contribution in [0.3, 0.4) is 0 Å². The van der Waals surface area contributed by atoms with E-state index in [1.54, 1.807) is 0 Å². The third-order valence-corrected chi connectivity index (χ3v) is 11.0. The monoisotopic (exact) mass is 722 g/mol. The third kappa shape index (κ3) is 33.2. The summed E-state index contributed by atoms with van der Waals surface area (Å²) in [7, 11) is 0. The highest BCUT2D eigenvalue weighted by molar-refractivity contribution is 5.09. The summed E-state index contributed by atoms with van der Waals surface area (Å²) in [4.78, 5) is 2.87. The van der Waals surface area contributed by atoms with Gasteiger partial charge in [0.2, 0.25) is 0 Å². The van der Waals surface area contributed by atoms with E-state index in [1.165, 1.54) is 193 Å². The zero-order valence-electron chi connectivity index (χ0n) is 36.5. The summed E-state index contributed by atoms with van der Waals surface area (Å²) in [6.07, 6.45) is 69.1. The van der Waals surface area contributed by atoms with Crippen LogP contribution in [0.5, 0.6) is 0 Å². The molecule has 0 aromatic heterocycles. The van der Waals surface area contributed by atoms with E-state index in [0.717, 1.165) is 32.4 Å². The van der Waals surface area contributed by atoms with Crippen molar-refractivity contribution in [2.45, 2.75) is 252 Å². The van der Waals surface area contributed by atoms with Crippen LogP contribution in [0, 0.1) is 0 Å². The van der Waals surface area contributed by atoms with Crippen LogP contribution in [0.15, 0.2) is 60.8 Å². The van der Waals surface area contributed by atoms with E-state index in [1.807, 2.05) is 0 Å². The molecular formula is C51H95N. The molecule has 0 aromatic carbocycles. The van der Waals surface area contributed by atoms with Crippen LogP contribution in [0.1, 0.15) is 247 Å². The van der Waals surface area contributed by atoms with Crippen LogP contribution in [0.2, 0.25) is 0 Å². The molecule has 0 fully saturated rings. The van der Waals surface area contributed by atoms with Crippen molar-refractivity contribution in [1.82, 2.24) is 4.90 Å². The Morgan fingerprint density at radius 2 is 0.500 bits per heavy atom. The number of rotatable bonds is 41. The molecule has 52 heavy (non-hydrogen) atoms. The molecule has 0 amide bonds. The summed E-state index contributed by atoms with van der Waals surface area (Å²) in [5, 5.41) is 0. The predicted molar refractivity (Wildman–Crippen MR) is 241 cm³/mol. The van der Waals surface area contributed by atoms with Crippen molar-refractivity contribution in [2.75, 3.05) is 13.1 Å². The molecular weight excluding hydrogens is 627 g/mol. The van der Waals surface area contributed by atoms with Crippen molar-refractivity contribution in [3.63, 3.8) is 0 Å². The van der Waals surface area contributed by atoms with Crippen LogP contribution >= 0.6 is 0 Å². The Kier molecular flexibility index (Phi) is 41.3. The first kappa shape index (κ1) is 50.7. The minimum Gasteiger partial charge on any atom is -0.289 e. The van der Waals surface area contributed by atoms with E-state index in [9.17, 15) is 0 Å². The van der Waals surface area contributed by atoms with Gasteiger partial charge in [-0.25, -0.2) is 0 Å². The van der Waals surface area contributed by atoms with E-state index in [4.69, 9.17) is 0 Å². The zero-order chi connectivity index (χ0) is 37.9. The van der Waals surface area contributed by atoms with Crippen molar-refractivity contribution in [3.8, 4) is 0 Å². The molecule has 1 heteroatoms. The largest absolute Gasteiger partial charge is 0.289 e. The number of hydrogen-bond acceptors (Lipinski definition) is 1. The van der Waals surface area contributed by atoms with E-state index in [0.29, 0.717) is 0 Å². The second-order valence-electron chi connectivity index (χ2n) is 16.1. The number of nitrogens with zero attached hydrogens (tertiary/aromatic N) is 1. The highest BCUT2D eigenvalue weighted by Gasteiger charge is 2.32. The molecule has 0 aliphatic carbocycles. The lowest BCUT2D eigenvalue weighted by Crippen LogP contribution is -2.48. The fourth-order valence-electron chi connectivity index (χ4n) is 7.33. The maximum atomic E-state index is 2.87. The van der Waals surface area contributed by atoms with Crippen molar-refractivity contribution in [2.24, 2.45) is 0 Å². The molecule has 304 valence electrons. The van der Waals surface area contributed by atoms with Gasteiger partial charge in [-0.15, -0.1) is 0 Å². The van der Waals surface area contributed by atoms with Crippen molar-refractivity contribution >= 4 is 0 Å². The van der Waals surface area contributed by atoms with Gasteiger partial charge in [-0.05, 0) is 83.5 Å². The topological polar surface area (TPSA) is 3.24 Å². The molecule has 0 heterocycles. The van der Waals surface area contributed by atoms with Gasteiger partial charge >= 0.3 is 0 Å². The van der Waals surface area contributed by atoms with Gasteiger partial charge in [-0.1, -0.05) is 224 Å². The Hall–Kier alpha value is -1.34. The van der Waals surface area contributed by atoms with E-state index in [-0.39, 0.29) is 5.54 Å². The lowest BCUT2D eigenvalue weighted by atomic mass is 9.84. The lowest BCUT2D eigenvalue weighted by Gasteiger charge is -2.42. The third-order valence-electron chi connectivity index (χ3n) is 11.0. The van der Waals surface area contributed by atoms with Crippen LogP contribution in [0.25, 0.3) is 0 Å². The van der Waals surface area contributed by atoms with Gasteiger partial charge in [-0.3, -0.25) is 4.90 Å².